The molecule has 0 heterocycles. The van der Waals surface area contributed by atoms with Crippen molar-refractivity contribution in [3.8, 4) is 11.5 Å². The number of Topliss-reactive ketones (excluding diaryl/α,β-unsaturated/α-hetero) is 1. The highest BCUT2D eigenvalue weighted by molar-refractivity contribution is 7.90. The maximum atomic E-state index is 12.1. The predicted octanol–water partition coefficient (Wildman–Crippen LogP) is 2.08. The Kier molecular flexibility index (Phi) is 6.57. The SMILES string of the molecule is COc1ccc(CC(=O)OCC(=O)c2ccc(S(C)(=O)=O)cc2)c(OC)c1. The Labute approximate surface area is 157 Å². The number of ether oxygens (including phenoxy) is 3. The molecule has 0 unspecified atom stereocenters. The van der Waals surface area contributed by atoms with Gasteiger partial charge < -0.3 is 14.2 Å². The number of esters is 1. The van der Waals surface area contributed by atoms with Gasteiger partial charge in [-0.25, -0.2) is 8.42 Å². The van der Waals surface area contributed by atoms with Crippen LogP contribution in [0.1, 0.15) is 15.9 Å². The molecule has 8 heteroatoms. The van der Waals surface area contributed by atoms with Gasteiger partial charge in [0.25, 0.3) is 0 Å². The highest BCUT2D eigenvalue weighted by Gasteiger charge is 2.14. The van der Waals surface area contributed by atoms with Crippen LogP contribution in [0.3, 0.4) is 0 Å². The molecule has 0 bridgehead atoms. The van der Waals surface area contributed by atoms with E-state index in [4.69, 9.17) is 14.2 Å². The van der Waals surface area contributed by atoms with Crippen LogP contribution in [-0.4, -0.2) is 47.3 Å². The zero-order valence-corrected chi connectivity index (χ0v) is 16.0. The molecule has 0 radical (unpaired) electrons. The third kappa shape index (κ3) is 5.55. The first-order chi connectivity index (χ1) is 12.7. The molecule has 0 amide bonds. The summed E-state index contributed by atoms with van der Waals surface area (Å²) >= 11 is 0. The summed E-state index contributed by atoms with van der Waals surface area (Å²) < 4.78 is 38.2. The van der Waals surface area contributed by atoms with E-state index in [1.807, 2.05) is 0 Å². The minimum atomic E-state index is -3.33. The van der Waals surface area contributed by atoms with Gasteiger partial charge in [-0.05, 0) is 30.3 Å². The van der Waals surface area contributed by atoms with Crippen molar-refractivity contribution < 1.29 is 32.2 Å². The summed E-state index contributed by atoms with van der Waals surface area (Å²) in [5.41, 5.74) is 0.866. The average molecular weight is 392 g/mol. The van der Waals surface area contributed by atoms with E-state index >= 15 is 0 Å². The molecule has 0 spiro atoms. The Balaban J connectivity index is 1.96. The minimum absolute atomic E-state index is 0.0620. The first-order valence-electron chi connectivity index (χ1n) is 7.94. The highest BCUT2D eigenvalue weighted by Crippen LogP contribution is 2.25. The summed E-state index contributed by atoms with van der Waals surface area (Å²) in [6.07, 6.45) is 1.02. The normalized spacial score (nSPS) is 10.9. The molecule has 7 nitrogen and oxygen atoms in total. The van der Waals surface area contributed by atoms with Gasteiger partial charge in [-0.1, -0.05) is 6.07 Å². The van der Waals surface area contributed by atoms with E-state index < -0.39 is 28.2 Å². The van der Waals surface area contributed by atoms with Gasteiger partial charge in [0, 0.05) is 23.4 Å². The van der Waals surface area contributed by atoms with Crippen LogP contribution in [0, 0.1) is 0 Å². The Bertz CT molecular complexity index is 931. The first-order valence-corrected chi connectivity index (χ1v) is 9.83. The van der Waals surface area contributed by atoms with Crippen LogP contribution in [-0.2, 0) is 25.8 Å². The van der Waals surface area contributed by atoms with Crippen LogP contribution in [0.5, 0.6) is 11.5 Å². The molecule has 27 heavy (non-hydrogen) atoms. The number of carbonyl (C=O) groups excluding carboxylic acids is 2. The van der Waals surface area contributed by atoms with Crippen molar-refractivity contribution in [1.29, 1.82) is 0 Å². The van der Waals surface area contributed by atoms with Gasteiger partial charge in [-0.2, -0.15) is 0 Å². The molecule has 2 rings (SSSR count). The molecule has 0 saturated carbocycles. The second kappa shape index (κ2) is 8.68. The quantitative estimate of drug-likeness (QED) is 0.501. The average Bonchev–Trinajstić information content (AvgIpc) is 2.65. The Hall–Kier alpha value is -2.87. The summed E-state index contributed by atoms with van der Waals surface area (Å²) in [6.45, 7) is -0.435. The summed E-state index contributed by atoms with van der Waals surface area (Å²) in [6, 6.07) is 10.5. The van der Waals surface area contributed by atoms with Gasteiger partial charge in [-0.3, -0.25) is 9.59 Å². The maximum Gasteiger partial charge on any atom is 0.310 e. The zero-order chi connectivity index (χ0) is 20.0. The fraction of sp³-hybridized carbons (Fsp3) is 0.263. The predicted molar refractivity (Wildman–Crippen MR) is 98.1 cm³/mol. The van der Waals surface area contributed by atoms with Crippen molar-refractivity contribution in [2.75, 3.05) is 27.1 Å². The summed E-state index contributed by atoms with van der Waals surface area (Å²) in [7, 11) is -0.331. The van der Waals surface area contributed by atoms with Crippen LogP contribution < -0.4 is 9.47 Å². The molecule has 144 valence electrons. The van der Waals surface area contributed by atoms with Crippen molar-refractivity contribution in [2.45, 2.75) is 11.3 Å². The van der Waals surface area contributed by atoms with E-state index in [1.54, 1.807) is 18.2 Å². The van der Waals surface area contributed by atoms with E-state index in [0.717, 1.165) is 6.26 Å². The van der Waals surface area contributed by atoms with Gasteiger partial charge in [0.2, 0.25) is 0 Å². The van der Waals surface area contributed by atoms with Crippen molar-refractivity contribution in [3.63, 3.8) is 0 Å². The lowest BCUT2D eigenvalue weighted by Crippen LogP contribution is -2.16. The molecule has 0 aromatic heterocycles. The molecule has 2 aromatic rings. The number of methoxy groups -OCH3 is 2. The Morgan fingerprint density at radius 2 is 1.63 bits per heavy atom. The van der Waals surface area contributed by atoms with Crippen LogP contribution in [0.2, 0.25) is 0 Å². The zero-order valence-electron chi connectivity index (χ0n) is 15.2. The number of hydrogen-bond donors (Lipinski definition) is 0. The fourth-order valence-electron chi connectivity index (χ4n) is 2.32. The van der Waals surface area contributed by atoms with Crippen LogP contribution in [0.4, 0.5) is 0 Å². The van der Waals surface area contributed by atoms with E-state index in [1.165, 1.54) is 38.5 Å². The lowest BCUT2D eigenvalue weighted by Gasteiger charge is -2.10. The van der Waals surface area contributed by atoms with Gasteiger partial charge in [0.15, 0.2) is 22.2 Å². The topological polar surface area (TPSA) is 96.0 Å². The molecule has 0 aliphatic heterocycles. The van der Waals surface area contributed by atoms with E-state index in [9.17, 15) is 18.0 Å². The Morgan fingerprint density at radius 3 is 2.19 bits per heavy atom. The lowest BCUT2D eigenvalue weighted by molar-refractivity contribution is -0.141. The minimum Gasteiger partial charge on any atom is -0.497 e. The second-order valence-electron chi connectivity index (χ2n) is 5.73. The van der Waals surface area contributed by atoms with Crippen LogP contribution >= 0.6 is 0 Å². The van der Waals surface area contributed by atoms with Gasteiger partial charge in [0.05, 0.1) is 25.5 Å². The Morgan fingerprint density at radius 1 is 0.963 bits per heavy atom. The first kappa shape index (κ1) is 20.4. The van der Waals surface area contributed by atoms with Crippen molar-refractivity contribution in [1.82, 2.24) is 0 Å². The number of benzene rings is 2. The standard InChI is InChI=1S/C19H20O7S/c1-24-15-7-4-14(18(11-15)25-2)10-19(21)26-12-17(20)13-5-8-16(9-6-13)27(3,22)23/h4-9,11H,10,12H2,1-3H3. The monoisotopic (exact) mass is 392 g/mol. The number of rotatable bonds is 8. The second-order valence-corrected chi connectivity index (χ2v) is 7.75. The number of carbonyl (C=O) groups is 2. The molecular formula is C19H20O7S. The number of hydrogen-bond acceptors (Lipinski definition) is 7. The highest BCUT2D eigenvalue weighted by atomic mass is 32.2. The van der Waals surface area contributed by atoms with E-state index in [2.05, 4.69) is 0 Å². The van der Waals surface area contributed by atoms with E-state index in [-0.39, 0.29) is 16.9 Å². The third-order valence-electron chi connectivity index (χ3n) is 3.80. The molecule has 0 atom stereocenters. The third-order valence-corrected chi connectivity index (χ3v) is 4.93. The molecule has 0 N–H and O–H groups in total. The van der Waals surface area contributed by atoms with Crippen LogP contribution in [0.25, 0.3) is 0 Å². The lowest BCUT2D eigenvalue weighted by atomic mass is 10.1. The molecule has 2 aromatic carbocycles. The van der Waals surface area contributed by atoms with Gasteiger partial charge in [0.1, 0.15) is 11.5 Å². The van der Waals surface area contributed by atoms with Crippen molar-refractivity contribution in [3.05, 3.63) is 53.6 Å². The number of ketones is 1. The molecule has 0 fully saturated rings. The molecule has 0 aliphatic rings. The van der Waals surface area contributed by atoms with Crippen LogP contribution in [0.15, 0.2) is 47.4 Å². The molecule has 0 saturated heterocycles. The van der Waals surface area contributed by atoms with Gasteiger partial charge in [-0.15, -0.1) is 0 Å². The fourth-order valence-corrected chi connectivity index (χ4v) is 2.95. The largest absolute Gasteiger partial charge is 0.497 e. The maximum absolute atomic E-state index is 12.1. The van der Waals surface area contributed by atoms with Crippen molar-refractivity contribution >= 4 is 21.6 Å². The van der Waals surface area contributed by atoms with Gasteiger partial charge >= 0.3 is 5.97 Å². The van der Waals surface area contributed by atoms with Crippen molar-refractivity contribution in [2.24, 2.45) is 0 Å². The molecule has 0 aliphatic carbocycles. The summed E-state index contributed by atoms with van der Waals surface area (Å²) in [5, 5.41) is 0. The summed E-state index contributed by atoms with van der Waals surface area (Å²) in [4.78, 5) is 24.2. The summed E-state index contributed by atoms with van der Waals surface area (Å²) in [5.74, 6) is 0.0651. The molecular weight excluding hydrogens is 372 g/mol. The smallest absolute Gasteiger partial charge is 0.310 e. The number of sulfone groups is 1. The van der Waals surface area contributed by atoms with E-state index in [0.29, 0.717) is 17.1 Å².